The van der Waals surface area contributed by atoms with Gasteiger partial charge in [0.1, 0.15) is 5.75 Å². The summed E-state index contributed by atoms with van der Waals surface area (Å²) >= 11 is 0. The van der Waals surface area contributed by atoms with Gasteiger partial charge in [0.15, 0.2) is 16.6 Å². The topological polar surface area (TPSA) is 36.9 Å². The van der Waals surface area contributed by atoms with E-state index >= 15 is 0 Å². The molecule has 0 saturated carbocycles. The van der Waals surface area contributed by atoms with Crippen LogP contribution in [0.1, 0.15) is 86.6 Å². The lowest BCUT2D eigenvalue weighted by molar-refractivity contribution is -0.0362. The third kappa shape index (κ3) is 11.5. The van der Waals surface area contributed by atoms with Gasteiger partial charge in [0.25, 0.3) is 0 Å². The highest BCUT2D eigenvalue weighted by atomic mass is 28.4. The average Bonchev–Trinajstić information content (AvgIpc) is 2.84. The molecular weight excluding hydrogens is 517 g/mol. The summed E-state index contributed by atoms with van der Waals surface area (Å²) in [6, 6.07) is 8.13. The highest BCUT2D eigenvalue weighted by Gasteiger charge is 2.42. The summed E-state index contributed by atoms with van der Waals surface area (Å²) < 4.78 is 25.7. The number of benzene rings is 1. The number of methoxy groups -OCH3 is 1. The first-order valence-electron chi connectivity index (χ1n) is 15.1. The van der Waals surface area contributed by atoms with Crippen LogP contribution in [0.15, 0.2) is 36.9 Å². The minimum atomic E-state index is -1.97. The van der Waals surface area contributed by atoms with E-state index in [-0.39, 0.29) is 28.2 Å². The van der Waals surface area contributed by atoms with Crippen LogP contribution in [0.4, 0.5) is 0 Å². The Bertz CT molecular complexity index is 837. The van der Waals surface area contributed by atoms with E-state index in [1.807, 2.05) is 18.2 Å². The maximum Gasteiger partial charge on any atom is 0.192 e. The second-order valence-electron chi connectivity index (χ2n) is 14.4. The highest BCUT2D eigenvalue weighted by Crippen LogP contribution is 2.40. The number of rotatable bonds is 17. The third-order valence-corrected chi connectivity index (χ3v) is 18.4. The minimum Gasteiger partial charge on any atom is -0.497 e. The number of hydrogen-bond donors (Lipinski definition) is 0. The van der Waals surface area contributed by atoms with E-state index in [0.29, 0.717) is 12.5 Å². The van der Waals surface area contributed by atoms with Crippen LogP contribution in [0.5, 0.6) is 5.75 Å². The van der Waals surface area contributed by atoms with Crippen molar-refractivity contribution in [3.05, 3.63) is 42.5 Å². The molecule has 1 aromatic rings. The van der Waals surface area contributed by atoms with Gasteiger partial charge in [0.05, 0.1) is 25.9 Å². The first-order chi connectivity index (χ1) is 17.9. The van der Waals surface area contributed by atoms with Gasteiger partial charge >= 0.3 is 0 Å². The summed E-state index contributed by atoms with van der Waals surface area (Å²) in [5.74, 6) is 1.64. The molecule has 6 heteroatoms. The van der Waals surface area contributed by atoms with Gasteiger partial charge in [-0.1, -0.05) is 80.0 Å². The fourth-order valence-corrected chi connectivity index (χ4v) is 6.62. The van der Waals surface area contributed by atoms with Crippen molar-refractivity contribution in [3.63, 3.8) is 0 Å². The zero-order valence-electron chi connectivity index (χ0n) is 27.8. The van der Waals surface area contributed by atoms with Crippen LogP contribution in [0.25, 0.3) is 0 Å². The number of hydrogen-bond acceptors (Lipinski definition) is 4. The van der Waals surface area contributed by atoms with E-state index in [1.54, 1.807) is 7.11 Å². The lowest BCUT2D eigenvalue weighted by Gasteiger charge is -2.43. The Morgan fingerprint density at radius 2 is 1.44 bits per heavy atom. The van der Waals surface area contributed by atoms with Crippen molar-refractivity contribution < 1.29 is 18.3 Å². The van der Waals surface area contributed by atoms with Gasteiger partial charge in [-0.3, -0.25) is 0 Å². The third-order valence-electron chi connectivity index (χ3n) is 9.37. The van der Waals surface area contributed by atoms with Gasteiger partial charge in [-0.05, 0) is 79.1 Å². The second kappa shape index (κ2) is 15.3. The van der Waals surface area contributed by atoms with E-state index in [9.17, 15) is 0 Å². The molecule has 0 aromatic heterocycles. The molecule has 39 heavy (non-hydrogen) atoms. The van der Waals surface area contributed by atoms with E-state index in [1.165, 1.54) is 0 Å². The van der Waals surface area contributed by atoms with Crippen molar-refractivity contribution in [2.45, 2.75) is 136 Å². The molecule has 4 atom stereocenters. The normalized spacial score (nSPS) is 16.4. The molecule has 0 aliphatic rings. The van der Waals surface area contributed by atoms with Crippen LogP contribution < -0.4 is 4.74 Å². The molecule has 0 bridgehead atoms. The van der Waals surface area contributed by atoms with Crippen molar-refractivity contribution in [1.29, 1.82) is 0 Å². The van der Waals surface area contributed by atoms with Gasteiger partial charge in [0.2, 0.25) is 0 Å². The van der Waals surface area contributed by atoms with Crippen molar-refractivity contribution in [3.8, 4) is 5.75 Å². The van der Waals surface area contributed by atoms with Crippen molar-refractivity contribution in [2.75, 3.05) is 13.7 Å². The smallest absolute Gasteiger partial charge is 0.192 e. The van der Waals surface area contributed by atoms with E-state index < -0.39 is 16.6 Å². The standard InChI is InChI=1S/C33H62O4Si2/c1-15-17-30(35-24-28-18-21-29(34-10)22-19-28)26(3)31(37-39(13,14)33(7,8)9)23-20-27(16-2)25-36-38(11,12)32(4,5)6/h15,18-19,21-22,26-27,30-31H,1,16-17,20,23-25H2,2-14H3/t26-,27+,30-,31-/m0/s1. The van der Waals surface area contributed by atoms with Crippen LogP contribution in [-0.4, -0.2) is 42.6 Å². The molecule has 1 rings (SSSR count). The first-order valence-corrected chi connectivity index (χ1v) is 20.9. The van der Waals surface area contributed by atoms with E-state index in [0.717, 1.165) is 43.6 Å². The van der Waals surface area contributed by atoms with Crippen molar-refractivity contribution in [1.82, 2.24) is 0 Å². The van der Waals surface area contributed by atoms with Gasteiger partial charge in [0, 0.05) is 12.5 Å². The lowest BCUT2D eigenvalue weighted by atomic mass is 9.89. The molecular formula is C33H62O4Si2. The Kier molecular flexibility index (Phi) is 14.2. The summed E-state index contributed by atoms with van der Waals surface area (Å²) in [5.41, 5.74) is 1.15. The Hall–Kier alpha value is -0.926. The van der Waals surface area contributed by atoms with Crippen LogP contribution >= 0.6 is 0 Å². The molecule has 0 saturated heterocycles. The van der Waals surface area contributed by atoms with Crippen LogP contribution in [0, 0.1) is 11.8 Å². The van der Waals surface area contributed by atoms with E-state index in [2.05, 4.69) is 100 Å². The molecule has 0 aliphatic carbocycles. The summed E-state index contributed by atoms with van der Waals surface area (Å²) in [4.78, 5) is 0. The Balaban J connectivity index is 3.07. The molecule has 0 radical (unpaired) electrons. The molecule has 226 valence electrons. The molecule has 0 fully saturated rings. The SMILES string of the molecule is C=CC[C@H](OCc1ccc(OC)cc1)[C@H](C)[C@H](CC[C@@H](CC)CO[Si](C)(C)C(C)(C)C)O[Si](C)(C)C(C)(C)C. The summed E-state index contributed by atoms with van der Waals surface area (Å²) in [6.45, 7) is 33.4. The molecule has 0 unspecified atom stereocenters. The fourth-order valence-electron chi connectivity index (χ4n) is 4.10. The van der Waals surface area contributed by atoms with Crippen molar-refractivity contribution >= 4 is 16.6 Å². The first kappa shape index (κ1) is 36.1. The quantitative estimate of drug-likeness (QED) is 0.136. The predicted octanol–water partition coefficient (Wildman–Crippen LogP) is 10.0. The molecule has 0 heterocycles. The van der Waals surface area contributed by atoms with Gasteiger partial charge in [-0.25, -0.2) is 0 Å². The van der Waals surface area contributed by atoms with Crippen molar-refractivity contribution in [2.24, 2.45) is 11.8 Å². The fraction of sp³-hybridized carbons (Fsp3) is 0.758. The van der Waals surface area contributed by atoms with Crippen LogP contribution in [-0.2, 0) is 20.2 Å². The van der Waals surface area contributed by atoms with E-state index in [4.69, 9.17) is 18.3 Å². The molecule has 4 nitrogen and oxygen atoms in total. The van der Waals surface area contributed by atoms with Gasteiger partial charge < -0.3 is 18.3 Å². The molecule has 0 N–H and O–H groups in total. The zero-order chi connectivity index (χ0) is 30.1. The number of ether oxygens (including phenoxy) is 2. The maximum absolute atomic E-state index is 7.14. The van der Waals surface area contributed by atoms with Gasteiger partial charge in [-0.2, -0.15) is 0 Å². The Morgan fingerprint density at radius 3 is 1.90 bits per heavy atom. The van der Waals surface area contributed by atoms with Gasteiger partial charge in [-0.15, -0.1) is 6.58 Å². The lowest BCUT2D eigenvalue weighted by Crippen LogP contribution is -2.47. The van der Waals surface area contributed by atoms with Crippen LogP contribution in [0.3, 0.4) is 0 Å². The largest absolute Gasteiger partial charge is 0.497 e. The highest BCUT2D eigenvalue weighted by molar-refractivity contribution is 6.74. The molecule has 0 spiro atoms. The maximum atomic E-state index is 7.14. The Labute approximate surface area is 244 Å². The Morgan fingerprint density at radius 1 is 0.872 bits per heavy atom. The predicted molar refractivity (Wildman–Crippen MR) is 174 cm³/mol. The molecule has 0 amide bonds. The second-order valence-corrected chi connectivity index (χ2v) is 24.0. The molecule has 0 aliphatic heterocycles. The zero-order valence-corrected chi connectivity index (χ0v) is 29.8. The minimum absolute atomic E-state index is 0.0444. The monoisotopic (exact) mass is 578 g/mol. The summed E-state index contributed by atoms with van der Waals surface area (Å²) in [5, 5.41) is 0.380. The summed E-state index contributed by atoms with van der Waals surface area (Å²) in [6.07, 6.45) is 6.22. The average molecular weight is 579 g/mol. The summed E-state index contributed by atoms with van der Waals surface area (Å²) in [7, 11) is -2.05. The molecule has 1 aromatic carbocycles. The van der Waals surface area contributed by atoms with Crippen LogP contribution in [0.2, 0.25) is 36.3 Å².